The van der Waals surface area contributed by atoms with Crippen molar-refractivity contribution in [1.82, 2.24) is 10.5 Å². The molecule has 11 heteroatoms. The molecule has 27 heavy (non-hydrogen) atoms. The molecule has 2 aromatic rings. The number of nitriles is 1. The lowest BCUT2D eigenvalue weighted by atomic mass is 10.2. The standard InChI is InChI=1S/C16H17N5O4S2/c1-9-10(2)20-25-15(9)21-27(23,24)12-6-4-11(5-7-12)19-14(22)13(8-17)16(26)18-3/h4-7,18,21,26H,1-3H3,(H,19,22)/b16-13+. The van der Waals surface area contributed by atoms with Crippen molar-refractivity contribution >= 4 is 40.1 Å². The maximum atomic E-state index is 12.4. The molecule has 0 saturated heterocycles. The first-order valence-electron chi connectivity index (χ1n) is 7.57. The van der Waals surface area contributed by atoms with Crippen molar-refractivity contribution < 1.29 is 17.7 Å². The van der Waals surface area contributed by atoms with Gasteiger partial charge in [-0.25, -0.2) is 13.1 Å². The molecule has 0 atom stereocenters. The molecular weight excluding hydrogens is 390 g/mol. The molecule has 0 saturated carbocycles. The van der Waals surface area contributed by atoms with Gasteiger partial charge in [0.15, 0.2) is 0 Å². The van der Waals surface area contributed by atoms with Gasteiger partial charge in [0.1, 0.15) is 11.6 Å². The van der Waals surface area contributed by atoms with Crippen LogP contribution < -0.4 is 15.4 Å². The summed E-state index contributed by atoms with van der Waals surface area (Å²) >= 11 is 4.01. The van der Waals surface area contributed by atoms with Gasteiger partial charge in [-0.05, 0) is 38.1 Å². The zero-order chi connectivity index (χ0) is 20.2. The SMILES string of the molecule is CN/C(S)=C(/C#N)C(=O)Nc1ccc(S(=O)(=O)Nc2onc(C)c2C)cc1. The van der Waals surface area contributed by atoms with Gasteiger partial charge in [-0.1, -0.05) is 5.16 Å². The number of carbonyl (C=O) groups excluding carboxylic acids is 1. The first-order chi connectivity index (χ1) is 12.7. The van der Waals surface area contributed by atoms with Crippen molar-refractivity contribution in [2.75, 3.05) is 17.1 Å². The molecule has 142 valence electrons. The van der Waals surface area contributed by atoms with Crippen LogP contribution in [0.15, 0.2) is 44.3 Å². The second kappa shape index (κ2) is 8.15. The monoisotopic (exact) mass is 407 g/mol. The molecule has 3 N–H and O–H groups in total. The number of nitrogens with one attached hydrogen (secondary N) is 3. The Morgan fingerprint density at radius 2 is 1.89 bits per heavy atom. The molecule has 2 rings (SSSR count). The van der Waals surface area contributed by atoms with Gasteiger partial charge in [0.05, 0.1) is 15.6 Å². The zero-order valence-electron chi connectivity index (χ0n) is 14.7. The lowest BCUT2D eigenvalue weighted by Gasteiger charge is -2.09. The Hall–Kier alpha value is -2.97. The Bertz CT molecular complexity index is 1030. The van der Waals surface area contributed by atoms with E-state index >= 15 is 0 Å². The lowest BCUT2D eigenvalue weighted by molar-refractivity contribution is -0.112. The number of nitrogens with zero attached hydrogens (tertiary/aromatic N) is 2. The summed E-state index contributed by atoms with van der Waals surface area (Å²) in [4.78, 5) is 12.0. The van der Waals surface area contributed by atoms with Crippen LogP contribution in [0.2, 0.25) is 0 Å². The number of aryl methyl sites for hydroxylation is 1. The van der Waals surface area contributed by atoms with Crippen LogP contribution in [0.5, 0.6) is 0 Å². The maximum absolute atomic E-state index is 12.4. The molecule has 0 radical (unpaired) electrons. The number of hydrogen-bond donors (Lipinski definition) is 4. The third-order valence-electron chi connectivity index (χ3n) is 3.62. The van der Waals surface area contributed by atoms with Gasteiger partial charge in [-0.15, -0.1) is 12.6 Å². The van der Waals surface area contributed by atoms with E-state index in [1.165, 1.54) is 31.3 Å². The molecule has 9 nitrogen and oxygen atoms in total. The van der Waals surface area contributed by atoms with Crippen LogP contribution in [0.25, 0.3) is 0 Å². The predicted octanol–water partition coefficient (Wildman–Crippen LogP) is 1.92. The predicted molar refractivity (Wildman–Crippen MR) is 103 cm³/mol. The molecule has 0 aliphatic heterocycles. The van der Waals surface area contributed by atoms with E-state index < -0.39 is 15.9 Å². The average molecular weight is 407 g/mol. The fourth-order valence-electron chi connectivity index (χ4n) is 1.94. The minimum Gasteiger partial charge on any atom is -0.382 e. The van der Waals surface area contributed by atoms with Crippen LogP contribution in [-0.2, 0) is 14.8 Å². The molecule has 1 aromatic carbocycles. The van der Waals surface area contributed by atoms with E-state index in [2.05, 4.69) is 33.1 Å². The number of thiol groups is 1. The van der Waals surface area contributed by atoms with Gasteiger partial charge in [-0.3, -0.25) is 4.79 Å². The van der Waals surface area contributed by atoms with Crippen molar-refractivity contribution in [3.8, 4) is 6.07 Å². The zero-order valence-corrected chi connectivity index (χ0v) is 16.4. The molecule has 0 spiro atoms. The molecule has 1 heterocycles. The van der Waals surface area contributed by atoms with E-state index in [1.54, 1.807) is 19.9 Å². The molecule has 0 unspecified atom stereocenters. The number of carbonyl (C=O) groups is 1. The van der Waals surface area contributed by atoms with E-state index in [0.717, 1.165) is 0 Å². The molecule has 1 amide bonds. The number of sulfonamides is 1. The first-order valence-corrected chi connectivity index (χ1v) is 9.50. The number of anilines is 2. The van der Waals surface area contributed by atoms with E-state index in [-0.39, 0.29) is 21.4 Å². The van der Waals surface area contributed by atoms with Crippen LogP contribution in [0.3, 0.4) is 0 Å². The van der Waals surface area contributed by atoms with E-state index in [0.29, 0.717) is 16.9 Å². The van der Waals surface area contributed by atoms with Gasteiger partial charge in [0.2, 0.25) is 5.88 Å². The molecular formula is C16H17N5O4S2. The number of amides is 1. The summed E-state index contributed by atoms with van der Waals surface area (Å²) in [6.45, 7) is 3.38. The summed E-state index contributed by atoms with van der Waals surface area (Å²) in [5.74, 6) is -0.625. The molecule has 0 bridgehead atoms. The number of aromatic nitrogens is 1. The van der Waals surface area contributed by atoms with E-state index in [9.17, 15) is 13.2 Å². The Morgan fingerprint density at radius 3 is 2.37 bits per heavy atom. The van der Waals surface area contributed by atoms with Crippen molar-refractivity contribution in [2.24, 2.45) is 0 Å². The topological polar surface area (TPSA) is 137 Å². The summed E-state index contributed by atoms with van der Waals surface area (Å²) in [5.41, 5.74) is 1.29. The third kappa shape index (κ3) is 4.60. The van der Waals surface area contributed by atoms with Crippen LogP contribution in [0, 0.1) is 25.2 Å². The van der Waals surface area contributed by atoms with Crippen molar-refractivity contribution in [3.05, 3.63) is 46.1 Å². The highest BCUT2D eigenvalue weighted by Gasteiger charge is 2.19. The Balaban J connectivity index is 2.18. The van der Waals surface area contributed by atoms with Crippen LogP contribution in [0.1, 0.15) is 11.3 Å². The quantitative estimate of drug-likeness (QED) is 0.326. The Morgan fingerprint density at radius 1 is 1.26 bits per heavy atom. The lowest BCUT2D eigenvalue weighted by Crippen LogP contribution is -2.18. The Kier molecular flexibility index (Phi) is 6.14. The molecule has 0 aliphatic rings. The normalized spacial score (nSPS) is 12.0. The summed E-state index contributed by atoms with van der Waals surface area (Å²) in [6, 6.07) is 7.17. The van der Waals surface area contributed by atoms with Crippen LogP contribution in [0.4, 0.5) is 11.6 Å². The summed E-state index contributed by atoms with van der Waals surface area (Å²) in [7, 11) is -2.36. The van der Waals surface area contributed by atoms with Gasteiger partial charge < -0.3 is 15.2 Å². The largest absolute Gasteiger partial charge is 0.382 e. The maximum Gasteiger partial charge on any atom is 0.269 e. The number of hydrogen-bond acceptors (Lipinski definition) is 8. The van der Waals surface area contributed by atoms with Crippen molar-refractivity contribution in [3.63, 3.8) is 0 Å². The summed E-state index contributed by atoms with van der Waals surface area (Å²) < 4.78 is 32.1. The van der Waals surface area contributed by atoms with Gasteiger partial charge in [0.25, 0.3) is 15.9 Å². The van der Waals surface area contributed by atoms with E-state index in [4.69, 9.17) is 9.78 Å². The summed E-state index contributed by atoms with van der Waals surface area (Å²) in [5, 5.41) is 17.9. The second-order valence-corrected chi connectivity index (χ2v) is 7.52. The molecule has 0 fully saturated rings. The third-order valence-corrected chi connectivity index (χ3v) is 5.41. The fourth-order valence-corrected chi connectivity index (χ4v) is 3.14. The van der Waals surface area contributed by atoms with Crippen molar-refractivity contribution in [1.29, 1.82) is 5.26 Å². The highest BCUT2D eigenvalue weighted by Crippen LogP contribution is 2.22. The number of benzene rings is 1. The number of rotatable bonds is 6. The van der Waals surface area contributed by atoms with Gasteiger partial charge >= 0.3 is 0 Å². The molecule has 0 aliphatic carbocycles. The first kappa shape index (κ1) is 20.3. The highest BCUT2D eigenvalue weighted by atomic mass is 32.2. The fraction of sp³-hybridized carbons (Fsp3) is 0.188. The van der Waals surface area contributed by atoms with E-state index in [1.807, 2.05) is 0 Å². The minimum atomic E-state index is -3.89. The van der Waals surface area contributed by atoms with Crippen molar-refractivity contribution in [2.45, 2.75) is 18.7 Å². The Labute approximate surface area is 161 Å². The van der Waals surface area contributed by atoms with Crippen LogP contribution >= 0.6 is 12.6 Å². The highest BCUT2D eigenvalue weighted by molar-refractivity contribution is 7.92. The molecule has 1 aromatic heterocycles. The van der Waals surface area contributed by atoms with Crippen LogP contribution in [-0.4, -0.2) is 26.5 Å². The average Bonchev–Trinajstić information content (AvgIpc) is 2.94. The van der Waals surface area contributed by atoms with Gasteiger partial charge in [0, 0.05) is 18.3 Å². The second-order valence-electron chi connectivity index (χ2n) is 5.39. The smallest absolute Gasteiger partial charge is 0.269 e. The summed E-state index contributed by atoms with van der Waals surface area (Å²) in [6.07, 6.45) is 0. The van der Waals surface area contributed by atoms with Gasteiger partial charge in [-0.2, -0.15) is 5.26 Å². The minimum absolute atomic E-state index is 0.0323.